The van der Waals surface area contributed by atoms with Crippen LogP contribution in [0.15, 0.2) is 36.9 Å². The summed E-state index contributed by atoms with van der Waals surface area (Å²) in [5.74, 6) is 0.0644. The second-order valence-electron chi connectivity index (χ2n) is 8.32. The van der Waals surface area contributed by atoms with Crippen molar-refractivity contribution in [2.75, 3.05) is 6.61 Å². The molecule has 0 aromatic heterocycles. The van der Waals surface area contributed by atoms with Crippen molar-refractivity contribution in [3.63, 3.8) is 0 Å². The maximum Gasteiger partial charge on any atom is 0.163 e. The highest BCUT2D eigenvalue weighted by Crippen LogP contribution is 2.60. The van der Waals surface area contributed by atoms with Crippen LogP contribution in [0.5, 0.6) is 0 Å². The monoisotopic (exact) mass is 312 g/mol. The lowest BCUT2D eigenvalue weighted by atomic mass is 9.48. The van der Waals surface area contributed by atoms with Gasteiger partial charge in [-0.2, -0.15) is 0 Å². The standard InChI is InChI=1S/C21H28O2/c1-5-21-14-22-19(2,3)23-18(21)12-13-20(4)16-9-7-6-8-15(16)10-11-17(20)21/h5-9,17-18H,1,10-14H2,2-4H3/t17-,18+,20-,21+/m1/s1. The van der Waals surface area contributed by atoms with Crippen molar-refractivity contribution in [2.24, 2.45) is 11.3 Å². The zero-order chi connectivity index (χ0) is 16.3. The fourth-order valence-electron chi connectivity index (χ4n) is 5.57. The molecule has 0 spiro atoms. The Morgan fingerprint density at radius 2 is 1.96 bits per heavy atom. The summed E-state index contributed by atoms with van der Waals surface area (Å²) in [4.78, 5) is 0. The van der Waals surface area contributed by atoms with Crippen molar-refractivity contribution in [1.29, 1.82) is 0 Å². The third-order valence-corrected chi connectivity index (χ3v) is 6.75. The molecule has 23 heavy (non-hydrogen) atoms. The zero-order valence-corrected chi connectivity index (χ0v) is 14.6. The van der Waals surface area contributed by atoms with E-state index >= 15 is 0 Å². The van der Waals surface area contributed by atoms with Gasteiger partial charge < -0.3 is 9.47 Å². The van der Waals surface area contributed by atoms with Gasteiger partial charge in [0, 0.05) is 5.41 Å². The summed E-state index contributed by atoms with van der Waals surface area (Å²) >= 11 is 0. The minimum absolute atomic E-state index is 0.0595. The number of hydrogen-bond acceptors (Lipinski definition) is 2. The molecular weight excluding hydrogens is 284 g/mol. The molecule has 1 saturated carbocycles. The maximum absolute atomic E-state index is 6.36. The summed E-state index contributed by atoms with van der Waals surface area (Å²) in [6, 6.07) is 9.01. The Morgan fingerprint density at radius 3 is 2.74 bits per heavy atom. The van der Waals surface area contributed by atoms with Crippen LogP contribution in [0.2, 0.25) is 0 Å². The Hall–Kier alpha value is -1.12. The first kappa shape index (κ1) is 15.4. The lowest BCUT2D eigenvalue weighted by Crippen LogP contribution is -2.63. The third-order valence-electron chi connectivity index (χ3n) is 6.75. The van der Waals surface area contributed by atoms with Gasteiger partial charge in [-0.05, 0) is 62.0 Å². The van der Waals surface area contributed by atoms with Gasteiger partial charge in [-0.3, -0.25) is 0 Å². The van der Waals surface area contributed by atoms with Gasteiger partial charge in [-0.25, -0.2) is 0 Å². The van der Waals surface area contributed by atoms with E-state index < -0.39 is 5.79 Å². The Balaban J connectivity index is 1.79. The van der Waals surface area contributed by atoms with E-state index in [-0.39, 0.29) is 16.9 Å². The highest BCUT2D eigenvalue weighted by Gasteiger charge is 2.60. The van der Waals surface area contributed by atoms with Crippen LogP contribution in [-0.4, -0.2) is 18.5 Å². The molecule has 124 valence electrons. The Morgan fingerprint density at radius 1 is 1.17 bits per heavy atom. The predicted octanol–water partition coefficient (Wildman–Crippen LogP) is 4.62. The van der Waals surface area contributed by atoms with Crippen molar-refractivity contribution in [1.82, 2.24) is 0 Å². The summed E-state index contributed by atoms with van der Waals surface area (Å²) in [6.45, 7) is 11.5. The quantitative estimate of drug-likeness (QED) is 0.704. The van der Waals surface area contributed by atoms with Crippen LogP contribution in [0.25, 0.3) is 0 Å². The molecule has 1 aromatic rings. The average Bonchev–Trinajstić information content (AvgIpc) is 2.54. The van der Waals surface area contributed by atoms with Crippen LogP contribution in [0, 0.1) is 11.3 Å². The van der Waals surface area contributed by atoms with Gasteiger partial charge in [-0.1, -0.05) is 37.3 Å². The number of benzene rings is 1. The molecule has 0 bridgehead atoms. The highest BCUT2D eigenvalue weighted by atomic mass is 16.7. The first-order chi connectivity index (χ1) is 10.9. The van der Waals surface area contributed by atoms with Crippen molar-refractivity contribution in [3.8, 4) is 0 Å². The molecule has 4 atom stereocenters. The maximum atomic E-state index is 6.36. The molecule has 4 rings (SSSR count). The fourth-order valence-corrected chi connectivity index (χ4v) is 5.57. The fraction of sp³-hybridized carbons (Fsp3) is 0.619. The smallest absolute Gasteiger partial charge is 0.163 e. The summed E-state index contributed by atoms with van der Waals surface area (Å²) in [6.07, 6.45) is 7.01. The number of ether oxygens (including phenoxy) is 2. The molecule has 2 aliphatic carbocycles. The van der Waals surface area contributed by atoms with E-state index in [2.05, 4.69) is 43.8 Å². The van der Waals surface area contributed by atoms with Crippen molar-refractivity contribution in [2.45, 2.75) is 63.8 Å². The van der Waals surface area contributed by atoms with E-state index in [4.69, 9.17) is 9.47 Å². The van der Waals surface area contributed by atoms with E-state index in [0.717, 1.165) is 19.4 Å². The number of fused-ring (bicyclic) bond motifs is 5. The number of aryl methyl sites for hydroxylation is 1. The van der Waals surface area contributed by atoms with E-state index in [1.165, 1.54) is 18.4 Å². The van der Waals surface area contributed by atoms with Crippen molar-refractivity contribution < 1.29 is 9.47 Å². The van der Waals surface area contributed by atoms with Gasteiger partial charge in [0.2, 0.25) is 0 Å². The highest BCUT2D eigenvalue weighted by molar-refractivity contribution is 5.40. The van der Waals surface area contributed by atoms with Gasteiger partial charge >= 0.3 is 0 Å². The van der Waals surface area contributed by atoms with Crippen LogP contribution < -0.4 is 0 Å². The zero-order valence-electron chi connectivity index (χ0n) is 14.6. The minimum Gasteiger partial charge on any atom is -0.349 e. The lowest BCUT2D eigenvalue weighted by molar-refractivity contribution is -0.330. The van der Waals surface area contributed by atoms with E-state index in [0.29, 0.717) is 5.92 Å². The van der Waals surface area contributed by atoms with E-state index in [1.54, 1.807) is 5.56 Å². The van der Waals surface area contributed by atoms with Gasteiger partial charge in [0.05, 0.1) is 12.7 Å². The minimum atomic E-state index is -0.475. The number of hydrogen-bond donors (Lipinski definition) is 0. The largest absolute Gasteiger partial charge is 0.349 e. The molecule has 3 aliphatic rings. The van der Waals surface area contributed by atoms with Gasteiger partial charge in [0.15, 0.2) is 5.79 Å². The molecule has 1 heterocycles. The molecule has 2 nitrogen and oxygen atoms in total. The van der Waals surface area contributed by atoms with Crippen LogP contribution in [0.3, 0.4) is 0 Å². The van der Waals surface area contributed by atoms with Gasteiger partial charge in [0.1, 0.15) is 0 Å². The first-order valence-electron chi connectivity index (χ1n) is 8.95. The summed E-state index contributed by atoms with van der Waals surface area (Å²) < 4.78 is 12.5. The molecule has 0 amide bonds. The second kappa shape index (κ2) is 4.94. The Kier molecular flexibility index (Phi) is 3.31. The molecule has 0 unspecified atom stereocenters. The molecule has 1 saturated heterocycles. The molecule has 2 fully saturated rings. The average molecular weight is 312 g/mol. The molecular formula is C21H28O2. The SMILES string of the molecule is C=C[C@@]12COC(C)(C)O[C@H]1CC[C@]1(C)c3ccccc3CC[C@@H]21. The van der Waals surface area contributed by atoms with E-state index in [1.807, 2.05) is 13.8 Å². The molecule has 0 N–H and O–H groups in total. The van der Waals surface area contributed by atoms with Crippen LogP contribution in [0.4, 0.5) is 0 Å². The molecule has 1 aromatic carbocycles. The first-order valence-corrected chi connectivity index (χ1v) is 8.95. The third kappa shape index (κ3) is 2.08. The number of rotatable bonds is 1. The van der Waals surface area contributed by atoms with Crippen molar-refractivity contribution in [3.05, 3.63) is 48.0 Å². The summed E-state index contributed by atoms with van der Waals surface area (Å²) in [7, 11) is 0. The van der Waals surface area contributed by atoms with Crippen LogP contribution in [-0.2, 0) is 21.3 Å². The second-order valence-corrected chi connectivity index (χ2v) is 8.32. The normalized spacial score (nSPS) is 41.3. The topological polar surface area (TPSA) is 18.5 Å². The predicted molar refractivity (Wildman–Crippen MR) is 92.4 cm³/mol. The molecule has 0 radical (unpaired) electrons. The van der Waals surface area contributed by atoms with Crippen LogP contribution in [0.1, 0.15) is 51.2 Å². The van der Waals surface area contributed by atoms with E-state index in [9.17, 15) is 0 Å². The Bertz CT molecular complexity index is 634. The summed E-state index contributed by atoms with van der Waals surface area (Å²) in [5.41, 5.74) is 3.21. The van der Waals surface area contributed by atoms with Gasteiger partial charge in [-0.15, -0.1) is 6.58 Å². The summed E-state index contributed by atoms with van der Waals surface area (Å²) in [5, 5.41) is 0. The van der Waals surface area contributed by atoms with Crippen LogP contribution >= 0.6 is 0 Å². The Labute approximate surface area is 139 Å². The van der Waals surface area contributed by atoms with Crippen molar-refractivity contribution >= 4 is 0 Å². The lowest BCUT2D eigenvalue weighted by Gasteiger charge is -2.61. The molecule has 1 aliphatic heterocycles. The van der Waals surface area contributed by atoms with Gasteiger partial charge in [0.25, 0.3) is 0 Å². The molecule has 2 heteroatoms.